The summed E-state index contributed by atoms with van der Waals surface area (Å²) in [5.41, 5.74) is 7.07. The summed E-state index contributed by atoms with van der Waals surface area (Å²) in [6.07, 6.45) is 0. The number of benzene rings is 2. The lowest BCUT2D eigenvalue weighted by atomic mass is 9.86. The Balaban J connectivity index is 2.35. The highest BCUT2D eigenvalue weighted by molar-refractivity contribution is 6.34. The number of hydrogen-bond donors (Lipinski definition) is 2. The van der Waals surface area contributed by atoms with Crippen LogP contribution in [-0.4, -0.2) is 5.84 Å². The van der Waals surface area contributed by atoms with Crippen molar-refractivity contribution in [3.8, 4) is 11.5 Å². The van der Waals surface area contributed by atoms with Crippen LogP contribution in [0, 0.1) is 5.41 Å². The fourth-order valence-electron chi connectivity index (χ4n) is 2.08. The van der Waals surface area contributed by atoms with Gasteiger partial charge in [-0.3, -0.25) is 5.41 Å². The van der Waals surface area contributed by atoms with Gasteiger partial charge in [-0.1, -0.05) is 50.6 Å². The number of hydrogen-bond acceptors (Lipinski definition) is 2. The molecule has 21 heavy (non-hydrogen) atoms. The number of nitrogens with two attached hydrogens (primary N) is 1. The van der Waals surface area contributed by atoms with Gasteiger partial charge in [-0.2, -0.15) is 0 Å². The molecule has 110 valence electrons. The molecule has 3 nitrogen and oxygen atoms in total. The van der Waals surface area contributed by atoms with Crippen LogP contribution in [0.1, 0.15) is 31.9 Å². The lowest BCUT2D eigenvalue weighted by Gasteiger charge is -2.22. The predicted molar refractivity (Wildman–Crippen MR) is 87.7 cm³/mol. The molecule has 2 rings (SSSR count). The Kier molecular flexibility index (Phi) is 4.24. The van der Waals surface area contributed by atoms with Gasteiger partial charge in [-0.25, -0.2) is 0 Å². The quantitative estimate of drug-likeness (QED) is 0.637. The molecule has 4 heteroatoms. The van der Waals surface area contributed by atoms with Crippen LogP contribution in [0.3, 0.4) is 0 Å². The van der Waals surface area contributed by atoms with E-state index in [0.717, 1.165) is 11.3 Å². The average Bonchev–Trinajstić information content (AvgIpc) is 2.37. The third-order valence-electron chi connectivity index (χ3n) is 3.15. The lowest BCUT2D eigenvalue weighted by Crippen LogP contribution is -2.12. The van der Waals surface area contributed by atoms with E-state index in [9.17, 15) is 0 Å². The molecule has 0 heterocycles. The van der Waals surface area contributed by atoms with Gasteiger partial charge in [0.2, 0.25) is 0 Å². The van der Waals surface area contributed by atoms with E-state index in [1.807, 2.05) is 18.2 Å². The number of rotatable bonds is 3. The van der Waals surface area contributed by atoms with E-state index >= 15 is 0 Å². The molecule has 2 aromatic carbocycles. The van der Waals surface area contributed by atoms with E-state index in [2.05, 4.69) is 26.8 Å². The van der Waals surface area contributed by atoms with Crippen molar-refractivity contribution >= 4 is 17.4 Å². The molecule has 2 aromatic rings. The summed E-state index contributed by atoms with van der Waals surface area (Å²) in [4.78, 5) is 0. The van der Waals surface area contributed by atoms with Crippen molar-refractivity contribution in [2.45, 2.75) is 26.2 Å². The first-order valence-corrected chi connectivity index (χ1v) is 7.08. The van der Waals surface area contributed by atoms with Crippen LogP contribution in [0.4, 0.5) is 0 Å². The van der Waals surface area contributed by atoms with Gasteiger partial charge in [-0.05, 0) is 23.6 Å². The van der Waals surface area contributed by atoms with Gasteiger partial charge in [0.15, 0.2) is 0 Å². The Bertz CT molecular complexity index is 675. The maximum Gasteiger partial charge on any atom is 0.131 e. The van der Waals surface area contributed by atoms with Gasteiger partial charge in [-0.15, -0.1) is 0 Å². The molecular weight excluding hydrogens is 284 g/mol. The average molecular weight is 303 g/mol. The summed E-state index contributed by atoms with van der Waals surface area (Å²) in [5, 5.41) is 7.85. The highest BCUT2D eigenvalue weighted by atomic mass is 35.5. The van der Waals surface area contributed by atoms with Gasteiger partial charge in [0, 0.05) is 17.2 Å². The minimum absolute atomic E-state index is 0.0142. The van der Waals surface area contributed by atoms with Crippen LogP contribution in [0.15, 0.2) is 42.5 Å². The molecule has 0 aromatic heterocycles. The van der Waals surface area contributed by atoms with Crippen LogP contribution in [0.2, 0.25) is 5.02 Å². The van der Waals surface area contributed by atoms with Crippen molar-refractivity contribution in [2.24, 2.45) is 5.73 Å². The molecule has 0 bridgehead atoms. The van der Waals surface area contributed by atoms with Crippen LogP contribution in [0.25, 0.3) is 0 Å². The van der Waals surface area contributed by atoms with E-state index < -0.39 is 0 Å². The molecule has 0 saturated carbocycles. The Hall–Kier alpha value is -2.00. The molecule has 0 saturated heterocycles. The molecule has 0 atom stereocenters. The van der Waals surface area contributed by atoms with Crippen LogP contribution in [-0.2, 0) is 5.41 Å². The number of nitrogen functional groups attached to an aromatic ring is 1. The van der Waals surface area contributed by atoms with Crippen molar-refractivity contribution in [3.63, 3.8) is 0 Å². The largest absolute Gasteiger partial charge is 0.457 e. The number of ether oxygens (including phenoxy) is 1. The van der Waals surface area contributed by atoms with Gasteiger partial charge in [0.05, 0.1) is 5.02 Å². The van der Waals surface area contributed by atoms with E-state index in [4.69, 9.17) is 27.5 Å². The van der Waals surface area contributed by atoms with E-state index in [1.165, 1.54) is 0 Å². The zero-order valence-electron chi connectivity index (χ0n) is 12.4. The second-order valence-corrected chi connectivity index (χ2v) is 6.31. The summed E-state index contributed by atoms with van der Waals surface area (Å²) in [6, 6.07) is 13.1. The normalized spacial score (nSPS) is 11.2. The molecule has 3 N–H and O–H groups in total. The molecular formula is C17H19ClN2O. The fourth-order valence-corrected chi connectivity index (χ4v) is 2.35. The van der Waals surface area contributed by atoms with Crippen molar-refractivity contribution in [3.05, 3.63) is 58.6 Å². The van der Waals surface area contributed by atoms with E-state index in [0.29, 0.717) is 16.3 Å². The predicted octanol–water partition coefficient (Wildman–Crippen LogP) is 4.71. The first-order chi connectivity index (χ1) is 9.79. The number of nitrogens with one attached hydrogen (secondary N) is 1. The molecule has 0 aliphatic heterocycles. The van der Waals surface area contributed by atoms with Gasteiger partial charge in [0.25, 0.3) is 0 Å². The smallest absolute Gasteiger partial charge is 0.131 e. The maximum absolute atomic E-state index is 7.44. The standard InChI is InChI=1S/C17H19ClN2O/c1-17(2,3)13-6-4-5-7-15(13)21-11-8-9-12(16(19)20)14(18)10-11/h4-10H,1-3H3,(H3,19,20). The number of amidine groups is 1. The molecule has 0 aliphatic carbocycles. The molecule has 0 fully saturated rings. The van der Waals surface area contributed by atoms with Gasteiger partial charge < -0.3 is 10.5 Å². The topological polar surface area (TPSA) is 59.1 Å². The van der Waals surface area contributed by atoms with Gasteiger partial charge in [0.1, 0.15) is 17.3 Å². The molecule has 0 amide bonds. The Labute approximate surface area is 130 Å². The summed E-state index contributed by atoms with van der Waals surface area (Å²) < 4.78 is 5.96. The Morgan fingerprint density at radius 1 is 1.14 bits per heavy atom. The minimum Gasteiger partial charge on any atom is -0.457 e. The SMILES string of the molecule is CC(C)(C)c1ccccc1Oc1ccc(C(=N)N)c(Cl)c1. The van der Waals surface area contributed by atoms with E-state index in [-0.39, 0.29) is 11.3 Å². The van der Waals surface area contributed by atoms with Crippen molar-refractivity contribution in [1.29, 1.82) is 5.41 Å². The van der Waals surface area contributed by atoms with Crippen molar-refractivity contribution in [2.75, 3.05) is 0 Å². The van der Waals surface area contributed by atoms with Crippen molar-refractivity contribution in [1.82, 2.24) is 0 Å². The van der Waals surface area contributed by atoms with Gasteiger partial charge >= 0.3 is 0 Å². The number of halogens is 1. The monoisotopic (exact) mass is 302 g/mol. The molecule has 0 unspecified atom stereocenters. The lowest BCUT2D eigenvalue weighted by molar-refractivity contribution is 0.455. The van der Waals surface area contributed by atoms with Crippen molar-refractivity contribution < 1.29 is 4.74 Å². The summed E-state index contributed by atoms with van der Waals surface area (Å²) >= 11 is 6.12. The summed E-state index contributed by atoms with van der Waals surface area (Å²) in [6.45, 7) is 6.42. The molecule has 0 radical (unpaired) electrons. The second kappa shape index (κ2) is 5.78. The van der Waals surface area contributed by atoms with E-state index in [1.54, 1.807) is 18.2 Å². The van der Waals surface area contributed by atoms with Crippen LogP contribution in [0.5, 0.6) is 11.5 Å². The summed E-state index contributed by atoms with van der Waals surface area (Å²) in [7, 11) is 0. The Morgan fingerprint density at radius 3 is 2.38 bits per heavy atom. The number of para-hydroxylation sites is 1. The Morgan fingerprint density at radius 2 is 1.81 bits per heavy atom. The molecule has 0 spiro atoms. The maximum atomic E-state index is 7.44. The highest BCUT2D eigenvalue weighted by Gasteiger charge is 2.19. The third kappa shape index (κ3) is 3.56. The van der Waals surface area contributed by atoms with Crippen LogP contribution >= 0.6 is 11.6 Å². The minimum atomic E-state index is -0.0540. The van der Waals surface area contributed by atoms with Crippen LogP contribution < -0.4 is 10.5 Å². The highest BCUT2D eigenvalue weighted by Crippen LogP contribution is 2.34. The molecule has 0 aliphatic rings. The zero-order valence-corrected chi connectivity index (χ0v) is 13.2. The first kappa shape index (κ1) is 15.4. The summed E-state index contributed by atoms with van der Waals surface area (Å²) in [5.74, 6) is 1.37. The second-order valence-electron chi connectivity index (χ2n) is 5.90. The zero-order chi connectivity index (χ0) is 15.6. The fraction of sp³-hybridized carbons (Fsp3) is 0.235. The first-order valence-electron chi connectivity index (χ1n) is 6.70. The third-order valence-corrected chi connectivity index (χ3v) is 3.47.